The molecule has 1 N–H and O–H groups in total. The molecule has 4 rings (SSSR count). The van der Waals surface area contributed by atoms with Gasteiger partial charge in [0.15, 0.2) is 5.16 Å². The van der Waals surface area contributed by atoms with Gasteiger partial charge in [-0.2, -0.15) is 0 Å². The highest BCUT2D eigenvalue weighted by Gasteiger charge is 2.22. The van der Waals surface area contributed by atoms with Gasteiger partial charge in [-0.15, -0.1) is 0 Å². The van der Waals surface area contributed by atoms with Crippen molar-refractivity contribution in [1.29, 1.82) is 0 Å². The van der Waals surface area contributed by atoms with Crippen LogP contribution in [-0.2, 0) is 22.5 Å². The molecule has 1 aliphatic carbocycles. The van der Waals surface area contributed by atoms with E-state index >= 15 is 0 Å². The summed E-state index contributed by atoms with van der Waals surface area (Å²) < 4.78 is 7.10. The number of ether oxygens (including phenoxy) is 1. The standard InChI is InChI=1S/C25H29N3O3S/c1-2-31-16-8-15-28-24(30)20-12-5-6-13-22(20)27-25(28)32-17-23(29)26-21-14-7-10-18-9-3-4-11-19(18)21/h3-6,9,11-13,21H,2,7-8,10,14-17H2,1H3,(H,26,29). The minimum absolute atomic E-state index is 0.0417. The van der Waals surface area contributed by atoms with Crippen LogP contribution in [-0.4, -0.2) is 34.4 Å². The van der Waals surface area contributed by atoms with Crippen molar-refractivity contribution >= 4 is 28.6 Å². The number of amides is 1. The summed E-state index contributed by atoms with van der Waals surface area (Å²) in [6.45, 7) is 3.70. The van der Waals surface area contributed by atoms with E-state index in [1.165, 1.54) is 22.9 Å². The molecule has 168 valence electrons. The minimum Gasteiger partial charge on any atom is -0.382 e. The van der Waals surface area contributed by atoms with Gasteiger partial charge in [0.2, 0.25) is 5.91 Å². The van der Waals surface area contributed by atoms with Gasteiger partial charge in [-0.1, -0.05) is 48.2 Å². The number of hydrogen-bond acceptors (Lipinski definition) is 5. The average molecular weight is 452 g/mol. The fourth-order valence-electron chi connectivity index (χ4n) is 4.19. The van der Waals surface area contributed by atoms with Gasteiger partial charge >= 0.3 is 0 Å². The van der Waals surface area contributed by atoms with Crippen LogP contribution in [0.3, 0.4) is 0 Å². The number of benzene rings is 2. The van der Waals surface area contributed by atoms with Crippen molar-refractivity contribution in [3.05, 3.63) is 70.0 Å². The zero-order valence-corrected chi connectivity index (χ0v) is 19.2. The molecule has 0 fully saturated rings. The molecule has 0 saturated carbocycles. The Morgan fingerprint density at radius 3 is 2.91 bits per heavy atom. The number of nitrogens with one attached hydrogen (secondary N) is 1. The lowest BCUT2D eigenvalue weighted by atomic mass is 9.88. The summed E-state index contributed by atoms with van der Waals surface area (Å²) in [6.07, 6.45) is 3.79. The average Bonchev–Trinajstić information content (AvgIpc) is 2.82. The van der Waals surface area contributed by atoms with Crippen LogP contribution in [0.2, 0.25) is 0 Å². The third-order valence-corrected chi connectivity index (χ3v) is 6.71. The monoisotopic (exact) mass is 451 g/mol. The van der Waals surface area contributed by atoms with Gasteiger partial charge in [-0.05, 0) is 55.9 Å². The smallest absolute Gasteiger partial charge is 0.262 e. The Bertz CT molecular complexity index is 1140. The summed E-state index contributed by atoms with van der Waals surface area (Å²) in [5.74, 6) is 0.175. The molecule has 1 heterocycles. The lowest BCUT2D eigenvalue weighted by Crippen LogP contribution is -2.32. The predicted octanol–water partition coefficient (Wildman–Crippen LogP) is 4.11. The van der Waals surface area contributed by atoms with Gasteiger partial charge in [0.05, 0.1) is 22.7 Å². The number of rotatable bonds is 9. The molecule has 0 radical (unpaired) electrons. The molecule has 1 unspecified atom stereocenters. The first-order valence-electron chi connectivity index (χ1n) is 11.2. The molecule has 0 bridgehead atoms. The predicted molar refractivity (Wildman–Crippen MR) is 128 cm³/mol. The van der Waals surface area contributed by atoms with Gasteiger partial charge < -0.3 is 10.1 Å². The van der Waals surface area contributed by atoms with E-state index < -0.39 is 0 Å². The summed E-state index contributed by atoms with van der Waals surface area (Å²) in [6, 6.07) is 15.7. The van der Waals surface area contributed by atoms with Crippen LogP contribution >= 0.6 is 11.8 Å². The Morgan fingerprint density at radius 1 is 1.22 bits per heavy atom. The summed E-state index contributed by atoms with van der Waals surface area (Å²) in [4.78, 5) is 30.6. The molecule has 1 aromatic heterocycles. The Kier molecular flexibility index (Phi) is 7.60. The Labute approximate surface area is 192 Å². The van der Waals surface area contributed by atoms with Crippen molar-refractivity contribution in [3.63, 3.8) is 0 Å². The van der Waals surface area contributed by atoms with E-state index in [0.29, 0.717) is 42.2 Å². The zero-order valence-electron chi connectivity index (χ0n) is 18.4. The lowest BCUT2D eigenvalue weighted by Gasteiger charge is -2.26. The summed E-state index contributed by atoms with van der Waals surface area (Å²) in [7, 11) is 0. The topological polar surface area (TPSA) is 73.2 Å². The molecular weight excluding hydrogens is 422 g/mol. The second-order valence-electron chi connectivity index (χ2n) is 7.92. The zero-order chi connectivity index (χ0) is 22.3. The minimum atomic E-state index is -0.0729. The van der Waals surface area contributed by atoms with Crippen molar-refractivity contribution in [2.24, 2.45) is 0 Å². The second kappa shape index (κ2) is 10.8. The fourth-order valence-corrected chi connectivity index (χ4v) is 5.03. The first kappa shape index (κ1) is 22.6. The number of thioether (sulfide) groups is 1. The molecule has 0 aliphatic heterocycles. The van der Waals surface area contributed by atoms with Crippen molar-refractivity contribution in [2.75, 3.05) is 19.0 Å². The second-order valence-corrected chi connectivity index (χ2v) is 8.86. The summed E-state index contributed by atoms with van der Waals surface area (Å²) >= 11 is 1.32. The highest BCUT2D eigenvalue weighted by atomic mass is 32.2. The number of fused-ring (bicyclic) bond motifs is 2. The molecular formula is C25H29N3O3S. The Balaban J connectivity index is 1.48. The van der Waals surface area contributed by atoms with Crippen molar-refractivity contribution in [1.82, 2.24) is 14.9 Å². The van der Waals surface area contributed by atoms with Crippen molar-refractivity contribution < 1.29 is 9.53 Å². The Morgan fingerprint density at radius 2 is 2.03 bits per heavy atom. The Hall–Kier alpha value is -2.64. The quantitative estimate of drug-likeness (QED) is 0.301. The lowest BCUT2D eigenvalue weighted by molar-refractivity contribution is -0.119. The first-order valence-corrected chi connectivity index (χ1v) is 12.2. The maximum absolute atomic E-state index is 13.1. The van der Waals surface area contributed by atoms with Crippen LogP contribution in [0.4, 0.5) is 0 Å². The van der Waals surface area contributed by atoms with E-state index in [0.717, 1.165) is 19.3 Å². The van der Waals surface area contributed by atoms with Gasteiger partial charge in [0, 0.05) is 19.8 Å². The maximum Gasteiger partial charge on any atom is 0.262 e. The first-order chi connectivity index (χ1) is 15.7. The number of hydrogen-bond donors (Lipinski definition) is 1. The number of aryl methyl sites for hydroxylation is 1. The fraction of sp³-hybridized carbons (Fsp3) is 0.400. The van der Waals surface area contributed by atoms with E-state index in [1.807, 2.05) is 31.2 Å². The third-order valence-electron chi connectivity index (χ3n) is 5.74. The van der Waals surface area contributed by atoms with Gasteiger partial charge in [0.1, 0.15) is 0 Å². The normalized spacial score (nSPS) is 15.5. The highest BCUT2D eigenvalue weighted by molar-refractivity contribution is 7.99. The van der Waals surface area contributed by atoms with Gasteiger partial charge in [-0.25, -0.2) is 4.98 Å². The number of para-hydroxylation sites is 1. The molecule has 2 aromatic carbocycles. The molecule has 1 aliphatic rings. The van der Waals surface area contributed by atoms with Crippen LogP contribution in [0.5, 0.6) is 0 Å². The molecule has 1 amide bonds. The van der Waals surface area contributed by atoms with Crippen LogP contribution < -0.4 is 10.9 Å². The van der Waals surface area contributed by atoms with E-state index in [4.69, 9.17) is 9.72 Å². The van der Waals surface area contributed by atoms with E-state index in [9.17, 15) is 9.59 Å². The number of carbonyl (C=O) groups excluding carboxylic acids is 1. The highest BCUT2D eigenvalue weighted by Crippen LogP contribution is 2.29. The molecule has 32 heavy (non-hydrogen) atoms. The maximum atomic E-state index is 13.1. The largest absolute Gasteiger partial charge is 0.382 e. The van der Waals surface area contributed by atoms with E-state index in [-0.39, 0.29) is 23.3 Å². The molecule has 0 saturated heterocycles. The van der Waals surface area contributed by atoms with Gasteiger partial charge in [0.25, 0.3) is 5.56 Å². The molecule has 7 heteroatoms. The summed E-state index contributed by atoms with van der Waals surface area (Å²) in [5.41, 5.74) is 3.11. The van der Waals surface area contributed by atoms with Crippen molar-refractivity contribution in [3.8, 4) is 0 Å². The number of carbonyl (C=O) groups is 1. The van der Waals surface area contributed by atoms with Crippen LogP contribution in [0.25, 0.3) is 10.9 Å². The SMILES string of the molecule is CCOCCCn1c(SCC(=O)NC2CCCc3ccccc32)nc2ccccc2c1=O. The summed E-state index contributed by atoms with van der Waals surface area (Å²) in [5, 5.41) is 4.35. The molecule has 3 aromatic rings. The van der Waals surface area contributed by atoms with E-state index in [1.54, 1.807) is 10.6 Å². The van der Waals surface area contributed by atoms with Crippen molar-refractivity contribution in [2.45, 2.75) is 50.4 Å². The van der Waals surface area contributed by atoms with Crippen LogP contribution in [0.15, 0.2) is 58.5 Å². The van der Waals surface area contributed by atoms with Crippen LogP contribution in [0.1, 0.15) is 43.4 Å². The number of aromatic nitrogens is 2. The molecule has 0 spiro atoms. The molecule has 1 atom stereocenters. The van der Waals surface area contributed by atoms with Crippen LogP contribution in [0, 0.1) is 0 Å². The van der Waals surface area contributed by atoms with Gasteiger partial charge in [-0.3, -0.25) is 14.2 Å². The molecule has 6 nitrogen and oxygen atoms in total. The number of nitrogens with zero attached hydrogens (tertiary/aromatic N) is 2. The van der Waals surface area contributed by atoms with E-state index in [2.05, 4.69) is 23.5 Å². The third kappa shape index (κ3) is 5.22.